The fraction of sp³-hybridized carbons (Fsp3) is 0.455. The molecule has 1 heterocycles. The number of ether oxygens (including phenoxy) is 1. The summed E-state index contributed by atoms with van der Waals surface area (Å²) in [5.74, 6) is -1.57. The number of thiophene rings is 1. The molecule has 0 radical (unpaired) electrons. The van der Waals surface area contributed by atoms with E-state index < -0.39 is 11.9 Å². The van der Waals surface area contributed by atoms with Crippen LogP contribution >= 0.6 is 22.9 Å². The third-order valence-corrected chi connectivity index (χ3v) is 3.47. The predicted octanol–water partition coefficient (Wildman–Crippen LogP) is 3.03. The second-order valence-electron chi connectivity index (χ2n) is 3.71. The molecule has 0 fully saturated rings. The first-order valence-corrected chi connectivity index (χ1v) is 6.04. The highest BCUT2D eigenvalue weighted by Crippen LogP contribution is 2.26. The van der Waals surface area contributed by atoms with E-state index in [4.69, 9.17) is 11.6 Å². The Morgan fingerprint density at radius 1 is 1.38 bits per heavy atom. The number of carbonyl (C=O) groups excluding carboxylic acids is 2. The van der Waals surface area contributed by atoms with Crippen molar-refractivity contribution < 1.29 is 14.3 Å². The standard InChI is InChI=1S/C11H13ClO3S/c1-6(2)9(11(14)15-3)10(13)7-4-5-8(12)16-7/h4-6,9H,1-3H3. The van der Waals surface area contributed by atoms with E-state index in [-0.39, 0.29) is 11.7 Å². The summed E-state index contributed by atoms with van der Waals surface area (Å²) in [6.45, 7) is 3.63. The highest BCUT2D eigenvalue weighted by Gasteiger charge is 2.32. The number of carbonyl (C=O) groups is 2. The van der Waals surface area contributed by atoms with Crippen molar-refractivity contribution in [3.05, 3.63) is 21.3 Å². The zero-order valence-corrected chi connectivity index (χ0v) is 10.9. The maximum atomic E-state index is 12.1. The Hall–Kier alpha value is -0.870. The van der Waals surface area contributed by atoms with Crippen molar-refractivity contribution in [1.29, 1.82) is 0 Å². The molecule has 1 aromatic rings. The van der Waals surface area contributed by atoms with Crippen molar-refractivity contribution in [2.24, 2.45) is 11.8 Å². The number of rotatable bonds is 4. The number of esters is 1. The van der Waals surface area contributed by atoms with E-state index in [1.807, 2.05) is 13.8 Å². The molecule has 0 aliphatic heterocycles. The first-order valence-electron chi connectivity index (χ1n) is 4.84. The van der Waals surface area contributed by atoms with Crippen molar-refractivity contribution in [2.75, 3.05) is 7.11 Å². The zero-order valence-electron chi connectivity index (χ0n) is 9.32. The van der Waals surface area contributed by atoms with Gasteiger partial charge in [-0.1, -0.05) is 25.4 Å². The SMILES string of the molecule is COC(=O)C(C(=O)c1ccc(Cl)s1)C(C)C. The molecule has 0 spiro atoms. The first-order chi connectivity index (χ1) is 7.47. The monoisotopic (exact) mass is 260 g/mol. The largest absolute Gasteiger partial charge is 0.468 e. The molecular weight excluding hydrogens is 248 g/mol. The van der Waals surface area contributed by atoms with Gasteiger partial charge < -0.3 is 4.74 Å². The second kappa shape index (κ2) is 5.46. The van der Waals surface area contributed by atoms with Gasteiger partial charge in [0.2, 0.25) is 0 Å². The number of hydrogen-bond acceptors (Lipinski definition) is 4. The summed E-state index contributed by atoms with van der Waals surface area (Å²) >= 11 is 6.93. The van der Waals surface area contributed by atoms with Gasteiger partial charge in [0.05, 0.1) is 16.3 Å². The van der Waals surface area contributed by atoms with Crippen molar-refractivity contribution in [3.63, 3.8) is 0 Å². The molecule has 0 aliphatic carbocycles. The molecule has 0 N–H and O–H groups in total. The van der Waals surface area contributed by atoms with E-state index in [2.05, 4.69) is 4.74 Å². The third kappa shape index (κ3) is 2.83. The van der Waals surface area contributed by atoms with Crippen LogP contribution in [-0.2, 0) is 9.53 Å². The number of Topliss-reactive ketones (excluding diaryl/α,β-unsaturated/α-hetero) is 1. The maximum Gasteiger partial charge on any atom is 0.316 e. The summed E-state index contributed by atoms with van der Waals surface area (Å²) in [5, 5.41) is 0. The van der Waals surface area contributed by atoms with Crippen LogP contribution in [0, 0.1) is 11.8 Å². The van der Waals surface area contributed by atoms with Gasteiger partial charge in [-0.15, -0.1) is 11.3 Å². The summed E-state index contributed by atoms with van der Waals surface area (Å²) in [6, 6.07) is 3.28. The van der Waals surface area contributed by atoms with Crippen LogP contribution in [0.4, 0.5) is 0 Å². The van der Waals surface area contributed by atoms with Gasteiger partial charge >= 0.3 is 5.97 Å². The Kier molecular flexibility index (Phi) is 4.50. The highest BCUT2D eigenvalue weighted by molar-refractivity contribution is 7.18. The van der Waals surface area contributed by atoms with Crippen LogP contribution < -0.4 is 0 Å². The maximum absolute atomic E-state index is 12.1. The number of hydrogen-bond donors (Lipinski definition) is 0. The summed E-state index contributed by atoms with van der Waals surface area (Å²) in [5.41, 5.74) is 0. The molecule has 16 heavy (non-hydrogen) atoms. The Labute approximate surface area is 103 Å². The molecule has 3 nitrogen and oxygen atoms in total. The summed E-state index contributed by atoms with van der Waals surface area (Å²) in [6.07, 6.45) is 0. The zero-order chi connectivity index (χ0) is 12.3. The van der Waals surface area contributed by atoms with Gasteiger partial charge in [-0.3, -0.25) is 9.59 Å². The van der Waals surface area contributed by atoms with E-state index in [0.29, 0.717) is 9.21 Å². The number of halogens is 1. The minimum absolute atomic E-state index is 0.0965. The predicted molar refractivity (Wildman–Crippen MR) is 64.0 cm³/mol. The average Bonchev–Trinajstić information content (AvgIpc) is 2.64. The molecule has 0 saturated carbocycles. The quantitative estimate of drug-likeness (QED) is 0.475. The molecule has 0 bridgehead atoms. The second-order valence-corrected chi connectivity index (χ2v) is 5.43. The molecule has 1 unspecified atom stereocenters. The number of ketones is 1. The van der Waals surface area contributed by atoms with Gasteiger partial charge in [-0.2, -0.15) is 0 Å². The Morgan fingerprint density at radius 2 is 2.00 bits per heavy atom. The summed E-state index contributed by atoms with van der Waals surface area (Å²) < 4.78 is 5.17. The van der Waals surface area contributed by atoms with Crippen LogP contribution in [0.5, 0.6) is 0 Å². The fourth-order valence-corrected chi connectivity index (χ4v) is 2.43. The van der Waals surface area contributed by atoms with Crippen LogP contribution in [0.2, 0.25) is 4.34 Å². The molecule has 0 saturated heterocycles. The molecule has 5 heteroatoms. The minimum Gasteiger partial charge on any atom is -0.468 e. The van der Waals surface area contributed by atoms with Crippen LogP contribution in [0.15, 0.2) is 12.1 Å². The Morgan fingerprint density at radius 3 is 2.38 bits per heavy atom. The average molecular weight is 261 g/mol. The fourth-order valence-electron chi connectivity index (χ4n) is 1.41. The topological polar surface area (TPSA) is 43.4 Å². The van der Waals surface area contributed by atoms with Gasteiger partial charge in [0.15, 0.2) is 5.78 Å². The van der Waals surface area contributed by atoms with Gasteiger partial charge in [-0.05, 0) is 18.1 Å². The van der Waals surface area contributed by atoms with Crippen LogP contribution in [0.3, 0.4) is 0 Å². The molecule has 0 aromatic carbocycles. The molecule has 1 atom stereocenters. The van der Waals surface area contributed by atoms with Crippen LogP contribution in [-0.4, -0.2) is 18.9 Å². The summed E-state index contributed by atoms with van der Waals surface area (Å²) in [4.78, 5) is 24.0. The Bertz CT molecular complexity index is 398. The van der Waals surface area contributed by atoms with Crippen molar-refractivity contribution in [1.82, 2.24) is 0 Å². The first kappa shape index (κ1) is 13.2. The van der Waals surface area contributed by atoms with Gasteiger partial charge in [0.25, 0.3) is 0 Å². The van der Waals surface area contributed by atoms with Crippen molar-refractivity contribution >= 4 is 34.7 Å². The van der Waals surface area contributed by atoms with Gasteiger partial charge in [-0.25, -0.2) is 0 Å². The lowest BCUT2D eigenvalue weighted by Gasteiger charge is -2.15. The van der Waals surface area contributed by atoms with Crippen molar-refractivity contribution in [2.45, 2.75) is 13.8 Å². The molecule has 1 aromatic heterocycles. The smallest absolute Gasteiger partial charge is 0.316 e. The van der Waals surface area contributed by atoms with E-state index in [0.717, 1.165) is 0 Å². The van der Waals surface area contributed by atoms with Gasteiger partial charge in [0.1, 0.15) is 5.92 Å². The van der Waals surface area contributed by atoms with E-state index >= 15 is 0 Å². The Balaban J connectivity index is 2.96. The highest BCUT2D eigenvalue weighted by atomic mass is 35.5. The molecule has 0 aliphatic rings. The lowest BCUT2D eigenvalue weighted by molar-refractivity contribution is -0.144. The van der Waals surface area contributed by atoms with E-state index in [9.17, 15) is 9.59 Å². The van der Waals surface area contributed by atoms with Gasteiger partial charge in [0, 0.05) is 0 Å². The van der Waals surface area contributed by atoms with Crippen LogP contribution in [0.1, 0.15) is 23.5 Å². The number of methoxy groups -OCH3 is 1. The normalized spacial score (nSPS) is 12.6. The van der Waals surface area contributed by atoms with E-state index in [1.54, 1.807) is 12.1 Å². The van der Waals surface area contributed by atoms with Crippen molar-refractivity contribution in [3.8, 4) is 0 Å². The lowest BCUT2D eigenvalue weighted by atomic mass is 9.91. The molecule has 1 rings (SSSR count). The minimum atomic E-state index is -0.750. The van der Waals surface area contributed by atoms with E-state index in [1.165, 1.54) is 18.4 Å². The molecule has 88 valence electrons. The molecule has 0 amide bonds. The lowest BCUT2D eigenvalue weighted by Crippen LogP contribution is -2.29. The van der Waals surface area contributed by atoms with Crippen LogP contribution in [0.25, 0.3) is 0 Å². The molecular formula is C11H13ClO3S. The summed E-state index contributed by atoms with van der Waals surface area (Å²) in [7, 11) is 1.28. The third-order valence-electron chi connectivity index (χ3n) is 2.22.